The van der Waals surface area contributed by atoms with Gasteiger partial charge in [-0.1, -0.05) is 25.7 Å². The Morgan fingerprint density at radius 2 is 1.65 bits per heavy atom. The first-order chi connectivity index (χ1) is 9.32. The van der Waals surface area contributed by atoms with Crippen LogP contribution in [0, 0.1) is 17.3 Å². The van der Waals surface area contributed by atoms with Crippen LogP contribution in [-0.2, 0) is 4.79 Å². The number of halogens is 3. The van der Waals surface area contributed by atoms with Gasteiger partial charge in [-0.15, -0.1) is 0 Å². The van der Waals surface area contributed by atoms with Gasteiger partial charge in [0.1, 0.15) is 5.97 Å². The van der Waals surface area contributed by atoms with Gasteiger partial charge in [0.15, 0.2) is 0 Å². The van der Waals surface area contributed by atoms with Crippen molar-refractivity contribution in [3.63, 3.8) is 0 Å². The first kappa shape index (κ1) is 15.6. The molecule has 1 unspecified atom stereocenters. The number of quaternary nitrogens is 1. The maximum atomic E-state index is 10.5. The molecule has 0 aromatic heterocycles. The van der Waals surface area contributed by atoms with Gasteiger partial charge in [0, 0.05) is 0 Å². The Kier molecular flexibility index (Phi) is 4.62. The fourth-order valence-corrected chi connectivity index (χ4v) is 4.01. The molecular formula is C14H22F3NO2. The second-order valence-corrected chi connectivity index (χ2v) is 6.53. The molecule has 1 saturated heterocycles. The van der Waals surface area contributed by atoms with Crippen molar-refractivity contribution in [2.24, 2.45) is 17.3 Å². The molecule has 1 heterocycles. The van der Waals surface area contributed by atoms with Crippen molar-refractivity contribution in [3.8, 4) is 0 Å². The Morgan fingerprint density at radius 3 is 2.00 bits per heavy atom. The predicted octanol–water partition coefficient (Wildman–Crippen LogP) is 0.839. The number of aliphatic carboxylic acids is 1. The number of hydrogen-bond acceptors (Lipinski definition) is 2. The van der Waals surface area contributed by atoms with Crippen LogP contribution in [0.15, 0.2) is 0 Å². The van der Waals surface area contributed by atoms with E-state index in [4.69, 9.17) is 9.90 Å². The molecule has 3 nitrogen and oxygen atoms in total. The van der Waals surface area contributed by atoms with Crippen LogP contribution in [0.5, 0.6) is 0 Å². The molecule has 0 amide bonds. The molecule has 3 rings (SSSR count). The highest BCUT2D eigenvalue weighted by atomic mass is 19.4. The average Bonchev–Trinajstić information content (AvgIpc) is 2.97. The van der Waals surface area contributed by atoms with Crippen LogP contribution in [0.25, 0.3) is 0 Å². The van der Waals surface area contributed by atoms with Crippen LogP contribution in [0.1, 0.15) is 44.9 Å². The highest BCUT2D eigenvalue weighted by molar-refractivity contribution is 5.70. The van der Waals surface area contributed by atoms with Crippen molar-refractivity contribution < 1.29 is 28.4 Å². The molecule has 2 N–H and O–H groups in total. The number of rotatable bonds is 1. The van der Waals surface area contributed by atoms with Crippen LogP contribution in [0.4, 0.5) is 13.2 Å². The molecule has 3 fully saturated rings. The minimum atomic E-state index is -5.19. The van der Waals surface area contributed by atoms with Crippen molar-refractivity contribution in [2.45, 2.75) is 51.1 Å². The lowest BCUT2D eigenvalue weighted by Gasteiger charge is -2.35. The fraction of sp³-hybridized carbons (Fsp3) is 0.929. The summed E-state index contributed by atoms with van der Waals surface area (Å²) < 4.78 is 31.5. The maximum Gasteiger partial charge on any atom is 0.430 e. The van der Waals surface area contributed by atoms with Crippen LogP contribution < -0.4 is 10.4 Å². The summed E-state index contributed by atoms with van der Waals surface area (Å²) in [6.45, 7) is 2.91. The second kappa shape index (κ2) is 5.92. The largest absolute Gasteiger partial charge is 0.542 e. The van der Waals surface area contributed by atoms with E-state index in [1.165, 1.54) is 25.9 Å². The molecule has 116 valence electrons. The van der Waals surface area contributed by atoms with Crippen molar-refractivity contribution >= 4 is 5.97 Å². The summed E-state index contributed by atoms with van der Waals surface area (Å²) in [4.78, 5) is 8.78. The smallest absolute Gasteiger partial charge is 0.430 e. The molecule has 2 saturated carbocycles. The van der Waals surface area contributed by atoms with E-state index in [0.717, 1.165) is 17.3 Å². The Balaban J connectivity index is 0.000000182. The number of hydrogen-bond donors (Lipinski definition) is 1. The Labute approximate surface area is 116 Å². The molecule has 1 spiro atoms. The Morgan fingerprint density at radius 1 is 1.10 bits per heavy atom. The third-order valence-corrected chi connectivity index (χ3v) is 5.19. The zero-order valence-corrected chi connectivity index (χ0v) is 11.5. The standard InChI is InChI=1S/C12H21N.C2HF3O2/c1-2-4-10(3-1)11-5-6-12(7-11)8-13-9-12;3-2(4,5)1(6)7/h10-11,13H,1-9H2;(H,6,7). The molecule has 1 atom stereocenters. The molecular weight excluding hydrogens is 271 g/mol. The highest BCUT2D eigenvalue weighted by Gasteiger charge is 2.49. The fourth-order valence-electron chi connectivity index (χ4n) is 4.01. The van der Waals surface area contributed by atoms with Crippen LogP contribution in [0.3, 0.4) is 0 Å². The van der Waals surface area contributed by atoms with Crippen LogP contribution in [0.2, 0.25) is 0 Å². The summed E-state index contributed by atoms with van der Waals surface area (Å²) in [6, 6.07) is 0. The lowest BCUT2D eigenvalue weighted by molar-refractivity contribution is -0.741. The van der Waals surface area contributed by atoms with Crippen molar-refractivity contribution in [1.29, 1.82) is 0 Å². The van der Waals surface area contributed by atoms with E-state index in [1.54, 1.807) is 32.1 Å². The quantitative estimate of drug-likeness (QED) is 0.779. The number of alkyl halides is 3. The summed E-state index contributed by atoms with van der Waals surface area (Å²) in [5.74, 6) is -0.733. The number of nitrogens with two attached hydrogens (primary N) is 1. The molecule has 20 heavy (non-hydrogen) atoms. The van der Waals surface area contributed by atoms with E-state index in [0.29, 0.717) is 0 Å². The van der Waals surface area contributed by atoms with E-state index >= 15 is 0 Å². The van der Waals surface area contributed by atoms with Crippen LogP contribution in [-0.4, -0.2) is 25.2 Å². The summed E-state index contributed by atoms with van der Waals surface area (Å²) in [5, 5.41) is 11.3. The molecule has 0 aromatic rings. The summed E-state index contributed by atoms with van der Waals surface area (Å²) >= 11 is 0. The number of carboxylic acid groups (broad SMARTS) is 1. The van der Waals surface area contributed by atoms with Crippen LogP contribution >= 0.6 is 0 Å². The third-order valence-electron chi connectivity index (χ3n) is 5.19. The Bertz CT molecular complexity index is 347. The molecule has 3 aliphatic rings. The number of carbonyl (C=O) groups is 1. The molecule has 2 aliphatic carbocycles. The lowest BCUT2D eigenvalue weighted by atomic mass is 9.78. The van der Waals surface area contributed by atoms with E-state index in [1.807, 2.05) is 0 Å². The normalized spacial score (nSPS) is 28.9. The SMILES string of the molecule is C1CCC(C2CCC3(C[NH2+]C3)C2)C1.O=C([O-])C(F)(F)F. The van der Waals surface area contributed by atoms with Gasteiger partial charge in [-0.05, 0) is 31.1 Å². The van der Waals surface area contributed by atoms with Crippen molar-refractivity contribution in [1.82, 2.24) is 0 Å². The molecule has 1 aliphatic heterocycles. The second-order valence-electron chi connectivity index (χ2n) is 6.53. The highest BCUT2D eigenvalue weighted by Crippen LogP contribution is 2.48. The van der Waals surface area contributed by atoms with Gasteiger partial charge in [0.25, 0.3) is 0 Å². The first-order valence-electron chi connectivity index (χ1n) is 7.42. The van der Waals surface area contributed by atoms with Gasteiger partial charge in [-0.3, -0.25) is 0 Å². The molecule has 0 aromatic carbocycles. The lowest BCUT2D eigenvalue weighted by Crippen LogP contribution is -2.99. The predicted molar refractivity (Wildman–Crippen MR) is 64.5 cm³/mol. The zero-order chi connectivity index (χ0) is 14.8. The van der Waals surface area contributed by atoms with E-state index in [9.17, 15) is 13.2 Å². The summed E-state index contributed by atoms with van der Waals surface area (Å²) in [6.07, 6.45) is 5.70. The summed E-state index contributed by atoms with van der Waals surface area (Å²) in [7, 11) is 0. The van der Waals surface area contributed by atoms with Crippen molar-refractivity contribution in [3.05, 3.63) is 0 Å². The number of carboxylic acids is 1. The average molecular weight is 293 g/mol. The van der Waals surface area contributed by atoms with Gasteiger partial charge in [0.05, 0.1) is 18.5 Å². The number of carbonyl (C=O) groups excluding carboxylic acids is 1. The topological polar surface area (TPSA) is 56.7 Å². The van der Waals surface area contributed by atoms with E-state index in [2.05, 4.69) is 5.32 Å². The van der Waals surface area contributed by atoms with Gasteiger partial charge in [-0.2, -0.15) is 13.2 Å². The molecule has 0 radical (unpaired) electrons. The van der Waals surface area contributed by atoms with E-state index < -0.39 is 12.1 Å². The first-order valence-corrected chi connectivity index (χ1v) is 7.42. The monoisotopic (exact) mass is 293 g/mol. The Hall–Kier alpha value is -0.780. The van der Waals surface area contributed by atoms with Gasteiger partial charge < -0.3 is 15.2 Å². The zero-order valence-electron chi connectivity index (χ0n) is 11.5. The third kappa shape index (κ3) is 3.65. The van der Waals surface area contributed by atoms with E-state index in [-0.39, 0.29) is 0 Å². The van der Waals surface area contributed by atoms with Gasteiger partial charge in [-0.25, -0.2) is 0 Å². The minimum Gasteiger partial charge on any atom is -0.542 e. The molecule has 0 bridgehead atoms. The minimum absolute atomic E-state index is 0.841. The molecule has 6 heteroatoms. The maximum absolute atomic E-state index is 10.5. The summed E-state index contributed by atoms with van der Waals surface area (Å²) in [5.41, 5.74) is 0.841. The van der Waals surface area contributed by atoms with Gasteiger partial charge >= 0.3 is 6.18 Å². The van der Waals surface area contributed by atoms with Crippen molar-refractivity contribution in [2.75, 3.05) is 13.1 Å². The van der Waals surface area contributed by atoms with Gasteiger partial charge in [0.2, 0.25) is 0 Å².